The fraction of sp³-hybridized carbons (Fsp3) is 0.300. The summed E-state index contributed by atoms with van der Waals surface area (Å²) in [6.07, 6.45) is 3.54. The van der Waals surface area contributed by atoms with E-state index in [1.54, 1.807) is 6.20 Å². The van der Waals surface area contributed by atoms with Crippen molar-refractivity contribution >= 4 is 22.6 Å². The first kappa shape index (κ1) is 16.6. The lowest BCUT2D eigenvalue weighted by Crippen LogP contribution is -2.36. The second-order valence-electron chi connectivity index (χ2n) is 6.78. The van der Waals surface area contributed by atoms with Crippen LogP contribution in [0.5, 0.6) is 0 Å². The first-order valence-electron chi connectivity index (χ1n) is 8.87. The van der Waals surface area contributed by atoms with Crippen LogP contribution in [0.1, 0.15) is 12.8 Å². The molecule has 1 aliphatic rings. The molecule has 3 aromatic rings. The molecule has 0 bridgehead atoms. The molecule has 6 heteroatoms. The number of rotatable bonds is 3. The monoisotopic (exact) mass is 347 g/mol. The molecule has 26 heavy (non-hydrogen) atoms. The summed E-state index contributed by atoms with van der Waals surface area (Å²) >= 11 is 0. The second kappa shape index (κ2) is 7.17. The van der Waals surface area contributed by atoms with Crippen molar-refractivity contribution in [2.75, 3.05) is 25.5 Å². The highest BCUT2D eigenvalue weighted by atomic mass is 16.2. The molecule has 0 unspecified atom stereocenters. The van der Waals surface area contributed by atoms with Gasteiger partial charge in [0.1, 0.15) is 0 Å². The van der Waals surface area contributed by atoms with Crippen LogP contribution in [-0.4, -0.2) is 46.1 Å². The zero-order valence-corrected chi connectivity index (χ0v) is 14.7. The predicted molar refractivity (Wildman–Crippen MR) is 102 cm³/mol. The molecule has 132 valence electrons. The number of anilines is 1. The summed E-state index contributed by atoms with van der Waals surface area (Å²) in [5.74, 6) is 0.579. The molecule has 2 aromatic heterocycles. The number of fused-ring (bicyclic) bond motifs is 1. The van der Waals surface area contributed by atoms with E-state index >= 15 is 0 Å². The minimum atomic E-state index is 0.0348. The summed E-state index contributed by atoms with van der Waals surface area (Å²) in [6.45, 7) is 1.91. The molecular formula is C20H21N5O. The van der Waals surface area contributed by atoms with Crippen molar-refractivity contribution in [3.8, 4) is 11.3 Å². The number of aromatic nitrogens is 3. The molecule has 0 saturated carbocycles. The number of benzene rings is 1. The Balaban J connectivity index is 1.55. The van der Waals surface area contributed by atoms with Gasteiger partial charge in [-0.3, -0.25) is 9.78 Å². The summed E-state index contributed by atoms with van der Waals surface area (Å²) in [7, 11) is 2.09. The smallest absolute Gasteiger partial charge is 0.228 e. The van der Waals surface area contributed by atoms with Crippen LogP contribution in [0.2, 0.25) is 0 Å². The Labute approximate surface area is 152 Å². The number of amides is 1. The lowest BCUT2D eigenvalue weighted by Gasteiger charge is -2.27. The highest BCUT2D eigenvalue weighted by Crippen LogP contribution is 2.23. The van der Waals surface area contributed by atoms with Gasteiger partial charge in [0.2, 0.25) is 5.91 Å². The highest BCUT2D eigenvalue weighted by Gasteiger charge is 2.23. The van der Waals surface area contributed by atoms with E-state index in [0.29, 0.717) is 5.82 Å². The normalized spacial score (nSPS) is 15.9. The van der Waals surface area contributed by atoms with E-state index in [0.717, 1.165) is 48.1 Å². The van der Waals surface area contributed by atoms with Crippen molar-refractivity contribution in [3.63, 3.8) is 0 Å². The molecule has 6 nitrogen and oxygen atoms in total. The van der Waals surface area contributed by atoms with Crippen LogP contribution in [0.3, 0.4) is 0 Å². The Morgan fingerprint density at radius 2 is 1.96 bits per heavy atom. The van der Waals surface area contributed by atoms with Crippen LogP contribution in [0, 0.1) is 5.92 Å². The maximum absolute atomic E-state index is 12.5. The third-order valence-corrected chi connectivity index (χ3v) is 4.89. The molecule has 1 aromatic carbocycles. The largest absolute Gasteiger partial charge is 0.309 e. The molecule has 0 atom stereocenters. The van der Waals surface area contributed by atoms with Gasteiger partial charge in [0.05, 0.1) is 11.2 Å². The lowest BCUT2D eigenvalue weighted by molar-refractivity contribution is -0.121. The van der Waals surface area contributed by atoms with Gasteiger partial charge in [0.15, 0.2) is 5.82 Å². The molecule has 1 N–H and O–H groups in total. The van der Waals surface area contributed by atoms with Crippen molar-refractivity contribution in [2.24, 2.45) is 5.92 Å². The maximum Gasteiger partial charge on any atom is 0.228 e. The molecule has 1 amide bonds. The number of carbonyl (C=O) groups excluding carboxylic acids is 1. The van der Waals surface area contributed by atoms with Crippen LogP contribution < -0.4 is 5.32 Å². The molecule has 0 spiro atoms. The summed E-state index contributed by atoms with van der Waals surface area (Å²) in [6, 6.07) is 13.6. The summed E-state index contributed by atoms with van der Waals surface area (Å²) in [5, 5.41) is 12.2. The highest BCUT2D eigenvalue weighted by molar-refractivity contribution is 5.94. The van der Waals surface area contributed by atoms with E-state index in [-0.39, 0.29) is 11.8 Å². The number of carbonyl (C=O) groups is 1. The molecule has 0 aliphatic carbocycles. The Hall–Kier alpha value is -2.86. The minimum absolute atomic E-state index is 0.0348. The number of likely N-dealkylation sites (tertiary alicyclic amines) is 1. The van der Waals surface area contributed by atoms with E-state index in [1.165, 1.54) is 0 Å². The topological polar surface area (TPSA) is 71.0 Å². The van der Waals surface area contributed by atoms with Crippen molar-refractivity contribution in [1.82, 2.24) is 20.1 Å². The van der Waals surface area contributed by atoms with Gasteiger partial charge < -0.3 is 10.2 Å². The van der Waals surface area contributed by atoms with E-state index < -0.39 is 0 Å². The third kappa shape index (κ3) is 3.55. The van der Waals surface area contributed by atoms with Gasteiger partial charge in [-0.05, 0) is 63.3 Å². The van der Waals surface area contributed by atoms with Gasteiger partial charge in [-0.1, -0.05) is 12.1 Å². The standard InChI is InChI=1S/C20H21N5O/c1-25-10-7-14(8-11-25)20(26)22-19-13-16-12-15(5-6-18(16)23-24-19)17-4-2-3-9-21-17/h2-6,9,12-14H,7-8,10-11H2,1H3,(H,22,24,26). The van der Waals surface area contributed by atoms with E-state index in [2.05, 4.69) is 32.4 Å². The SMILES string of the molecule is CN1CCC(C(=O)Nc2cc3cc(-c4ccccn4)ccc3nn2)CC1. The zero-order chi connectivity index (χ0) is 17.9. The van der Waals surface area contributed by atoms with E-state index in [4.69, 9.17) is 0 Å². The third-order valence-electron chi connectivity index (χ3n) is 4.89. The molecule has 1 aliphatic heterocycles. The van der Waals surface area contributed by atoms with Crippen molar-refractivity contribution in [2.45, 2.75) is 12.8 Å². The fourth-order valence-electron chi connectivity index (χ4n) is 3.30. The van der Waals surface area contributed by atoms with Crippen LogP contribution in [0.4, 0.5) is 5.82 Å². The number of piperidine rings is 1. The Kier molecular flexibility index (Phi) is 4.58. The van der Waals surface area contributed by atoms with Gasteiger partial charge in [0, 0.05) is 23.1 Å². The summed E-state index contributed by atoms with van der Waals surface area (Å²) in [4.78, 5) is 19.1. The average molecular weight is 347 g/mol. The molecule has 3 heterocycles. The number of hydrogen-bond donors (Lipinski definition) is 1. The Bertz CT molecular complexity index is 920. The van der Waals surface area contributed by atoms with Crippen LogP contribution >= 0.6 is 0 Å². The van der Waals surface area contributed by atoms with Crippen molar-refractivity contribution in [1.29, 1.82) is 0 Å². The van der Waals surface area contributed by atoms with E-state index in [9.17, 15) is 4.79 Å². The number of nitrogens with zero attached hydrogens (tertiary/aromatic N) is 4. The van der Waals surface area contributed by atoms with Crippen LogP contribution in [0.25, 0.3) is 22.2 Å². The second-order valence-corrected chi connectivity index (χ2v) is 6.78. The van der Waals surface area contributed by atoms with Gasteiger partial charge in [-0.15, -0.1) is 10.2 Å². The molecule has 4 rings (SSSR count). The molecular weight excluding hydrogens is 326 g/mol. The average Bonchev–Trinajstić information content (AvgIpc) is 2.68. The number of hydrogen-bond acceptors (Lipinski definition) is 5. The predicted octanol–water partition coefficient (Wildman–Crippen LogP) is 2.97. The van der Waals surface area contributed by atoms with Crippen LogP contribution in [-0.2, 0) is 4.79 Å². The summed E-state index contributed by atoms with van der Waals surface area (Å²) in [5.41, 5.74) is 2.71. The number of pyridine rings is 1. The first-order valence-corrected chi connectivity index (χ1v) is 8.87. The molecule has 1 fully saturated rings. The van der Waals surface area contributed by atoms with Gasteiger partial charge in [0.25, 0.3) is 0 Å². The Morgan fingerprint density at radius 3 is 2.73 bits per heavy atom. The van der Waals surface area contributed by atoms with Crippen molar-refractivity contribution in [3.05, 3.63) is 48.7 Å². The zero-order valence-electron chi connectivity index (χ0n) is 14.7. The number of nitrogens with one attached hydrogen (secondary N) is 1. The van der Waals surface area contributed by atoms with Crippen LogP contribution in [0.15, 0.2) is 48.7 Å². The van der Waals surface area contributed by atoms with E-state index in [1.807, 2.05) is 42.5 Å². The van der Waals surface area contributed by atoms with Gasteiger partial charge in [-0.25, -0.2) is 0 Å². The molecule has 0 radical (unpaired) electrons. The summed E-state index contributed by atoms with van der Waals surface area (Å²) < 4.78 is 0. The lowest BCUT2D eigenvalue weighted by atomic mass is 9.96. The Morgan fingerprint density at radius 1 is 1.12 bits per heavy atom. The first-order chi connectivity index (χ1) is 12.7. The fourth-order valence-corrected chi connectivity index (χ4v) is 3.30. The minimum Gasteiger partial charge on any atom is -0.309 e. The van der Waals surface area contributed by atoms with Gasteiger partial charge >= 0.3 is 0 Å². The maximum atomic E-state index is 12.5. The molecule has 1 saturated heterocycles. The van der Waals surface area contributed by atoms with Crippen molar-refractivity contribution < 1.29 is 4.79 Å². The quantitative estimate of drug-likeness (QED) is 0.789. The van der Waals surface area contributed by atoms with Gasteiger partial charge in [-0.2, -0.15) is 0 Å².